The van der Waals surface area contributed by atoms with Crippen molar-refractivity contribution in [3.05, 3.63) is 76.5 Å². The molecule has 128 valence electrons. The van der Waals surface area contributed by atoms with E-state index in [1.165, 1.54) is 0 Å². The molecule has 2 aromatic carbocycles. The summed E-state index contributed by atoms with van der Waals surface area (Å²) in [5, 5.41) is 15.5. The van der Waals surface area contributed by atoms with Crippen LogP contribution in [0.3, 0.4) is 0 Å². The van der Waals surface area contributed by atoms with Gasteiger partial charge in [-0.3, -0.25) is 4.79 Å². The van der Waals surface area contributed by atoms with Gasteiger partial charge in [0.2, 0.25) is 0 Å². The Hall–Kier alpha value is -3.06. The number of rotatable bonds is 3. The molecular formula is C19H14BrN5O. The van der Waals surface area contributed by atoms with E-state index in [0.29, 0.717) is 16.9 Å². The van der Waals surface area contributed by atoms with Crippen molar-refractivity contribution in [3.8, 4) is 11.3 Å². The highest BCUT2D eigenvalue weighted by Gasteiger charge is 2.09. The number of hydrogen-bond donors (Lipinski definition) is 1. The highest BCUT2D eigenvalue weighted by atomic mass is 79.9. The zero-order valence-corrected chi connectivity index (χ0v) is 15.4. The highest BCUT2D eigenvalue weighted by Crippen LogP contribution is 2.22. The van der Waals surface area contributed by atoms with E-state index in [-0.39, 0.29) is 5.91 Å². The molecule has 0 saturated carbocycles. The van der Waals surface area contributed by atoms with E-state index in [1.54, 1.807) is 16.6 Å². The van der Waals surface area contributed by atoms with Gasteiger partial charge >= 0.3 is 0 Å². The van der Waals surface area contributed by atoms with E-state index in [4.69, 9.17) is 0 Å². The summed E-state index contributed by atoms with van der Waals surface area (Å²) in [6.07, 6.45) is 0. The molecule has 0 saturated heterocycles. The third-order valence-electron chi connectivity index (χ3n) is 3.94. The molecule has 0 bridgehead atoms. The van der Waals surface area contributed by atoms with Crippen molar-refractivity contribution in [1.29, 1.82) is 0 Å². The van der Waals surface area contributed by atoms with Crippen LogP contribution in [0.1, 0.15) is 16.2 Å². The summed E-state index contributed by atoms with van der Waals surface area (Å²) in [4.78, 5) is 12.4. The average Bonchev–Trinajstić information content (AvgIpc) is 3.03. The summed E-state index contributed by atoms with van der Waals surface area (Å²) >= 11 is 3.37. The Kier molecular flexibility index (Phi) is 4.22. The maximum Gasteiger partial charge on any atom is 0.255 e. The van der Waals surface area contributed by atoms with Crippen molar-refractivity contribution in [2.75, 3.05) is 5.32 Å². The monoisotopic (exact) mass is 407 g/mol. The molecule has 4 aromatic rings. The fourth-order valence-electron chi connectivity index (χ4n) is 2.61. The van der Waals surface area contributed by atoms with Crippen molar-refractivity contribution in [3.63, 3.8) is 0 Å². The SMILES string of the molecule is Cc1nnc2ccc(-c3cccc(NC(=O)c4ccc(Br)cc4)c3)nn12. The van der Waals surface area contributed by atoms with Crippen LogP contribution in [0, 0.1) is 6.92 Å². The first-order chi connectivity index (χ1) is 12.6. The van der Waals surface area contributed by atoms with Gasteiger partial charge in [-0.1, -0.05) is 28.1 Å². The van der Waals surface area contributed by atoms with E-state index in [2.05, 4.69) is 36.5 Å². The molecule has 0 aliphatic carbocycles. The topological polar surface area (TPSA) is 72.2 Å². The van der Waals surface area contributed by atoms with Gasteiger partial charge in [0.1, 0.15) is 0 Å². The second-order valence-electron chi connectivity index (χ2n) is 5.78. The number of anilines is 1. The van der Waals surface area contributed by atoms with E-state index < -0.39 is 0 Å². The van der Waals surface area contributed by atoms with Crippen LogP contribution in [0.15, 0.2) is 65.1 Å². The van der Waals surface area contributed by atoms with Crippen LogP contribution < -0.4 is 5.32 Å². The van der Waals surface area contributed by atoms with Crippen molar-refractivity contribution in [1.82, 2.24) is 19.8 Å². The minimum atomic E-state index is -0.160. The lowest BCUT2D eigenvalue weighted by atomic mass is 10.1. The molecule has 0 aliphatic heterocycles. The van der Waals surface area contributed by atoms with Crippen LogP contribution in [0.2, 0.25) is 0 Å². The van der Waals surface area contributed by atoms with E-state index in [1.807, 2.05) is 55.5 Å². The number of aromatic nitrogens is 4. The van der Waals surface area contributed by atoms with Gasteiger partial charge in [-0.25, -0.2) is 0 Å². The second kappa shape index (κ2) is 6.68. The molecule has 0 fully saturated rings. The standard InChI is InChI=1S/C19H14BrN5O/c1-12-22-23-18-10-9-17(24-25(12)18)14-3-2-4-16(11-14)21-19(26)13-5-7-15(20)8-6-13/h2-11H,1H3,(H,21,26). The quantitative estimate of drug-likeness (QED) is 0.554. The first-order valence-corrected chi connectivity index (χ1v) is 8.76. The van der Waals surface area contributed by atoms with Gasteiger partial charge in [0.15, 0.2) is 11.5 Å². The summed E-state index contributed by atoms with van der Waals surface area (Å²) in [7, 11) is 0. The lowest BCUT2D eigenvalue weighted by Crippen LogP contribution is -2.11. The van der Waals surface area contributed by atoms with Gasteiger partial charge in [0, 0.05) is 21.3 Å². The highest BCUT2D eigenvalue weighted by molar-refractivity contribution is 9.10. The molecule has 6 nitrogen and oxygen atoms in total. The van der Waals surface area contributed by atoms with Gasteiger partial charge in [0.25, 0.3) is 5.91 Å². The first-order valence-electron chi connectivity index (χ1n) is 7.96. The van der Waals surface area contributed by atoms with Crippen LogP contribution in [0.4, 0.5) is 5.69 Å². The molecule has 0 radical (unpaired) electrons. The maximum absolute atomic E-state index is 12.4. The number of halogens is 1. The van der Waals surface area contributed by atoms with Gasteiger partial charge in [-0.15, -0.1) is 10.2 Å². The third kappa shape index (κ3) is 3.21. The minimum Gasteiger partial charge on any atom is -0.322 e. The Morgan fingerprint density at radius 2 is 1.85 bits per heavy atom. The zero-order valence-electron chi connectivity index (χ0n) is 13.8. The predicted octanol–water partition coefficient (Wildman–Crippen LogP) is 4.11. The van der Waals surface area contributed by atoms with E-state index in [9.17, 15) is 4.79 Å². The Balaban J connectivity index is 1.62. The molecule has 1 N–H and O–H groups in total. The second-order valence-corrected chi connectivity index (χ2v) is 6.69. The number of benzene rings is 2. The summed E-state index contributed by atoms with van der Waals surface area (Å²) in [5.41, 5.74) is 3.68. The fraction of sp³-hybridized carbons (Fsp3) is 0.0526. The van der Waals surface area contributed by atoms with Gasteiger partial charge in [0.05, 0.1) is 5.69 Å². The van der Waals surface area contributed by atoms with E-state index in [0.717, 1.165) is 21.6 Å². The Labute approximate surface area is 158 Å². The Morgan fingerprint density at radius 1 is 1.04 bits per heavy atom. The molecule has 4 rings (SSSR count). The summed E-state index contributed by atoms with van der Waals surface area (Å²) in [6, 6.07) is 18.6. The van der Waals surface area contributed by atoms with Crippen LogP contribution in [0.5, 0.6) is 0 Å². The number of fused-ring (bicyclic) bond motifs is 1. The lowest BCUT2D eigenvalue weighted by Gasteiger charge is -2.08. The summed E-state index contributed by atoms with van der Waals surface area (Å²) in [6.45, 7) is 1.85. The van der Waals surface area contributed by atoms with Crippen molar-refractivity contribution in [2.24, 2.45) is 0 Å². The molecule has 2 aromatic heterocycles. The van der Waals surface area contributed by atoms with E-state index >= 15 is 0 Å². The largest absolute Gasteiger partial charge is 0.322 e. The molecule has 2 heterocycles. The van der Waals surface area contributed by atoms with Crippen LogP contribution in [-0.4, -0.2) is 25.7 Å². The molecule has 26 heavy (non-hydrogen) atoms. The number of nitrogens with zero attached hydrogens (tertiary/aromatic N) is 4. The number of carbonyl (C=O) groups excluding carboxylic acids is 1. The first kappa shape index (κ1) is 16.4. The van der Waals surface area contributed by atoms with Gasteiger partial charge < -0.3 is 5.32 Å². The molecular weight excluding hydrogens is 394 g/mol. The smallest absolute Gasteiger partial charge is 0.255 e. The van der Waals surface area contributed by atoms with Crippen LogP contribution in [-0.2, 0) is 0 Å². The third-order valence-corrected chi connectivity index (χ3v) is 4.47. The Morgan fingerprint density at radius 3 is 2.65 bits per heavy atom. The summed E-state index contributed by atoms with van der Waals surface area (Å²) in [5.74, 6) is 0.564. The normalized spacial score (nSPS) is 10.8. The number of hydrogen-bond acceptors (Lipinski definition) is 4. The molecule has 0 unspecified atom stereocenters. The van der Waals surface area contributed by atoms with Crippen LogP contribution >= 0.6 is 15.9 Å². The molecule has 0 aliphatic rings. The number of nitrogens with one attached hydrogen (secondary N) is 1. The molecule has 0 spiro atoms. The number of aryl methyl sites for hydroxylation is 1. The number of carbonyl (C=O) groups is 1. The number of amides is 1. The predicted molar refractivity (Wildman–Crippen MR) is 103 cm³/mol. The molecule has 0 atom stereocenters. The lowest BCUT2D eigenvalue weighted by molar-refractivity contribution is 0.102. The maximum atomic E-state index is 12.4. The van der Waals surface area contributed by atoms with Crippen LogP contribution in [0.25, 0.3) is 16.9 Å². The fourth-order valence-corrected chi connectivity index (χ4v) is 2.88. The Bertz CT molecular complexity index is 1100. The molecule has 1 amide bonds. The van der Waals surface area contributed by atoms with Gasteiger partial charge in [-0.2, -0.15) is 9.61 Å². The van der Waals surface area contributed by atoms with Crippen molar-refractivity contribution in [2.45, 2.75) is 6.92 Å². The van der Waals surface area contributed by atoms with Gasteiger partial charge in [-0.05, 0) is 55.5 Å². The summed E-state index contributed by atoms with van der Waals surface area (Å²) < 4.78 is 2.63. The zero-order chi connectivity index (χ0) is 18.1. The average molecular weight is 408 g/mol. The minimum absolute atomic E-state index is 0.160. The van der Waals surface area contributed by atoms with Crippen molar-refractivity contribution >= 4 is 33.2 Å². The van der Waals surface area contributed by atoms with Crippen molar-refractivity contribution < 1.29 is 4.79 Å². The molecule has 7 heteroatoms.